The molecule has 16 heavy (non-hydrogen) atoms. The lowest BCUT2D eigenvalue weighted by Crippen LogP contribution is -2.24. The van der Waals surface area contributed by atoms with E-state index in [-0.39, 0.29) is 4.90 Å². The molecule has 0 radical (unpaired) electrons. The second-order valence-electron chi connectivity index (χ2n) is 4.92. The highest BCUT2D eigenvalue weighted by atomic mass is 32.2. The van der Waals surface area contributed by atoms with Crippen molar-refractivity contribution in [2.24, 2.45) is 0 Å². The van der Waals surface area contributed by atoms with Crippen molar-refractivity contribution in [1.29, 1.82) is 0 Å². The normalized spacial score (nSPS) is 12.8. The zero-order chi connectivity index (χ0) is 12.6. The Morgan fingerprint density at radius 2 is 1.69 bits per heavy atom. The van der Waals surface area contributed by atoms with E-state index in [1.165, 1.54) is 0 Å². The minimum atomic E-state index is -3.67. The Morgan fingerprint density at radius 3 is 2.12 bits per heavy atom. The second kappa shape index (κ2) is 4.18. The molecule has 1 aromatic rings. The largest absolute Gasteiger partial charge is 0.297 e. The highest BCUT2D eigenvalue weighted by molar-refractivity contribution is 7.86. The average molecular weight is 242 g/mol. The Hall–Kier alpha value is -0.870. The molecule has 0 fully saturated rings. The molecule has 4 heteroatoms. The minimum absolute atomic E-state index is 0.244. The van der Waals surface area contributed by atoms with Gasteiger partial charge in [0, 0.05) is 0 Å². The van der Waals surface area contributed by atoms with E-state index in [9.17, 15) is 8.42 Å². The molecule has 0 aliphatic rings. The first-order chi connectivity index (χ1) is 7.12. The van der Waals surface area contributed by atoms with Gasteiger partial charge in [0.2, 0.25) is 0 Å². The molecule has 1 rings (SSSR count). The van der Waals surface area contributed by atoms with Crippen LogP contribution < -0.4 is 0 Å². The third kappa shape index (κ3) is 3.32. The third-order valence-electron chi connectivity index (χ3n) is 1.96. The monoisotopic (exact) mass is 242 g/mol. The zero-order valence-electron chi connectivity index (χ0n) is 10.4. The van der Waals surface area contributed by atoms with E-state index in [0.29, 0.717) is 5.56 Å². The quantitative estimate of drug-likeness (QED) is 0.749. The number of benzene rings is 1. The van der Waals surface area contributed by atoms with Crippen LogP contribution in [0, 0.1) is 13.8 Å². The predicted octanol–water partition coefficient (Wildman–Crippen LogP) is 2.81. The molecule has 0 saturated heterocycles. The molecule has 0 aromatic heterocycles. The van der Waals surface area contributed by atoms with Gasteiger partial charge in [-0.15, -0.1) is 0 Å². The molecule has 0 N–H and O–H groups in total. The van der Waals surface area contributed by atoms with Crippen LogP contribution in [-0.2, 0) is 14.3 Å². The van der Waals surface area contributed by atoms with Crippen LogP contribution >= 0.6 is 0 Å². The summed E-state index contributed by atoms with van der Waals surface area (Å²) in [6.45, 7) is 8.84. The van der Waals surface area contributed by atoms with E-state index in [1.807, 2.05) is 13.0 Å². The average Bonchev–Trinajstić information content (AvgIpc) is 1.97. The molecule has 90 valence electrons. The van der Waals surface area contributed by atoms with E-state index in [2.05, 4.69) is 0 Å². The topological polar surface area (TPSA) is 43.4 Å². The first-order valence-electron chi connectivity index (χ1n) is 5.15. The smallest absolute Gasteiger partial charge is 0.261 e. The van der Waals surface area contributed by atoms with E-state index in [4.69, 9.17) is 4.18 Å². The summed E-state index contributed by atoms with van der Waals surface area (Å²) >= 11 is 0. The second-order valence-corrected chi connectivity index (χ2v) is 6.43. The van der Waals surface area contributed by atoms with Crippen molar-refractivity contribution in [2.75, 3.05) is 0 Å². The van der Waals surface area contributed by atoms with E-state index < -0.39 is 15.7 Å². The molecule has 1 aromatic carbocycles. The van der Waals surface area contributed by atoms with Gasteiger partial charge < -0.3 is 0 Å². The first kappa shape index (κ1) is 13.2. The highest BCUT2D eigenvalue weighted by Gasteiger charge is 2.25. The van der Waals surface area contributed by atoms with Crippen LogP contribution in [0.1, 0.15) is 31.9 Å². The molecule has 0 bridgehead atoms. The van der Waals surface area contributed by atoms with Crippen LogP contribution in [0.4, 0.5) is 0 Å². The molecule has 0 heterocycles. The molecule has 0 saturated carbocycles. The molecular formula is C12H18O3S. The Balaban J connectivity index is 3.18. The minimum Gasteiger partial charge on any atom is -0.261 e. The fourth-order valence-corrected chi connectivity index (χ4v) is 2.89. The summed E-state index contributed by atoms with van der Waals surface area (Å²) in [7, 11) is -3.67. The van der Waals surface area contributed by atoms with E-state index in [0.717, 1.165) is 5.56 Å². The number of hydrogen-bond donors (Lipinski definition) is 0. The Labute approximate surface area is 97.6 Å². The van der Waals surface area contributed by atoms with E-state index in [1.54, 1.807) is 39.8 Å². The Bertz CT molecular complexity index is 481. The van der Waals surface area contributed by atoms with Gasteiger partial charge in [-0.1, -0.05) is 17.7 Å². The summed E-state index contributed by atoms with van der Waals surface area (Å²) in [5.41, 5.74) is 1.03. The summed E-state index contributed by atoms with van der Waals surface area (Å²) in [4.78, 5) is 0.244. The summed E-state index contributed by atoms with van der Waals surface area (Å²) < 4.78 is 29.0. The highest BCUT2D eigenvalue weighted by Crippen LogP contribution is 2.23. The molecule has 0 amide bonds. The maximum atomic E-state index is 12.0. The van der Waals surface area contributed by atoms with Crippen LogP contribution in [-0.4, -0.2) is 14.0 Å². The van der Waals surface area contributed by atoms with Crippen molar-refractivity contribution in [2.45, 2.75) is 45.1 Å². The van der Waals surface area contributed by atoms with Crippen molar-refractivity contribution in [3.63, 3.8) is 0 Å². The number of hydrogen-bond acceptors (Lipinski definition) is 3. The SMILES string of the molecule is Cc1ccc(S(=O)(=O)OC(C)(C)C)c(C)c1. The molecule has 0 unspecified atom stereocenters. The van der Waals surface area contributed by atoms with Gasteiger partial charge in [0.15, 0.2) is 0 Å². The lowest BCUT2D eigenvalue weighted by molar-refractivity contribution is 0.139. The van der Waals surface area contributed by atoms with Crippen molar-refractivity contribution in [3.8, 4) is 0 Å². The van der Waals surface area contributed by atoms with Gasteiger partial charge >= 0.3 is 0 Å². The van der Waals surface area contributed by atoms with Crippen molar-refractivity contribution < 1.29 is 12.6 Å². The zero-order valence-corrected chi connectivity index (χ0v) is 11.2. The van der Waals surface area contributed by atoms with Gasteiger partial charge in [0.05, 0.1) is 10.5 Å². The standard InChI is InChI=1S/C12H18O3S/c1-9-6-7-11(10(2)8-9)16(13,14)15-12(3,4)5/h6-8H,1-5H3. The molecule has 0 aliphatic heterocycles. The van der Waals surface area contributed by atoms with E-state index >= 15 is 0 Å². The Kier molecular flexibility index (Phi) is 3.45. The van der Waals surface area contributed by atoms with Crippen LogP contribution in [0.2, 0.25) is 0 Å². The van der Waals surface area contributed by atoms with Gasteiger partial charge in [-0.3, -0.25) is 4.18 Å². The number of aryl methyl sites for hydroxylation is 2. The van der Waals surface area contributed by atoms with Crippen LogP contribution in [0.5, 0.6) is 0 Å². The predicted molar refractivity (Wildman–Crippen MR) is 63.9 cm³/mol. The third-order valence-corrected chi connectivity index (χ3v) is 3.68. The lowest BCUT2D eigenvalue weighted by Gasteiger charge is -2.19. The van der Waals surface area contributed by atoms with Crippen molar-refractivity contribution in [1.82, 2.24) is 0 Å². The first-order valence-corrected chi connectivity index (χ1v) is 6.55. The van der Waals surface area contributed by atoms with Gasteiger partial charge in [0.25, 0.3) is 10.1 Å². The lowest BCUT2D eigenvalue weighted by atomic mass is 10.2. The van der Waals surface area contributed by atoms with Gasteiger partial charge in [-0.25, -0.2) is 0 Å². The molecule has 0 spiro atoms. The molecule has 0 atom stereocenters. The summed E-state index contributed by atoms with van der Waals surface area (Å²) in [6, 6.07) is 5.19. The molecule has 3 nitrogen and oxygen atoms in total. The maximum Gasteiger partial charge on any atom is 0.297 e. The summed E-state index contributed by atoms with van der Waals surface area (Å²) in [5.74, 6) is 0. The molecular weight excluding hydrogens is 224 g/mol. The van der Waals surface area contributed by atoms with Crippen molar-refractivity contribution in [3.05, 3.63) is 29.3 Å². The van der Waals surface area contributed by atoms with Gasteiger partial charge in [0.1, 0.15) is 0 Å². The maximum absolute atomic E-state index is 12.0. The Morgan fingerprint density at radius 1 is 1.12 bits per heavy atom. The summed E-state index contributed by atoms with van der Waals surface area (Å²) in [5, 5.41) is 0. The van der Waals surface area contributed by atoms with Crippen LogP contribution in [0.25, 0.3) is 0 Å². The fraction of sp³-hybridized carbons (Fsp3) is 0.500. The fourth-order valence-electron chi connectivity index (χ4n) is 1.45. The molecule has 0 aliphatic carbocycles. The van der Waals surface area contributed by atoms with Crippen molar-refractivity contribution >= 4 is 10.1 Å². The van der Waals surface area contributed by atoms with Crippen LogP contribution in [0.3, 0.4) is 0 Å². The summed E-state index contributed by atoms with van der Waals surface area (Å²) in [6.07, 6.45) is 0. The van der Waals surface area contributed by atoms with Crippen LogP contribution in [0.15, 0.2) is 23.1 Å². The number of rotatable bonds is 2. The van der Waals surface area contributed by atoms with Gasteiger partial charge in [-0.2, -0.15) is 8.42 Å². The van der Waals surface area contributed by atoms with Gasteiger partial charge in [-0.05, 0) is 46.2 Å².